The maximum Gasteiger partial charge on any atom is 0.217 e. The van der Waals surface area contributed by atoms with Gasteiger partial charge in [0.25, 0.3) is 0 Å². The Bertz CT molecular complexity index is 618. The topological polar surface area (TPSA) is 60.2 Å². The van der Waals surface area contributed by atoms with Gasteiger partial charge in [0.15, 0.2) is 5.78 Å². The summed E-state index contributed by atoms with van der Waals surface area (Å²) < 4.78 is 12.8. The summed E-state index contributed by atoms with van der Waals surface area (Å²) in [6.07, 6.45) is 0.170. The van der Waals surface area contributed by atoms with Gasteiger partial charge in [-0.25, -0.2) is 4.39 Å². The summed E-state index contributed by atoms with van der Waals surface area (Å²) in [5.74, 6) is -0.886. The van der Waals surface area contributed by atoms with Crippen LogP contribution in [0.2, 0.25) is 0 Å². The Morgan fingerprint density at radius 2 is 1.35 bits per heavy atom. The minimum Gasteiger partial charge on any atom is -0.370 e. The molecule has 0 radical (unpaired) electrons. The van der Waals surface area contributed by atoms with Crippen LogP contribution < -0.4 is 5.73 Å². The van der Waals surface area contributed by atoms with Gasteiger partial charge in [0.1, 0.15) is 5.82 Å². The third kappa shape index (κ3) is 3.51. The second kappa shape index (κ2) is 6.10. The van der Waals surface area contributed by atoms with Crippen molar-refractivity contribution in [1.29, 1.82) is 0 Å². The van der Waals surface area contributed by atoms with Gasteiger partial charge in [0, 0.05) is 18.4 Å². The van der Waals surface area contributed by atoms with Gasteiger partial charge in [-0.05, 0) is 23.3 Å². The van der Waals surface area contributed by atoms with E-state index < -0.39 is 5.91 Å². The maximum atomic E-state index is 12.8. The van der Waals surface area contributed by atoms with Crippen LogP contribution in [-0.4, -0.2) is 11.7 Å². The third-order valence-corrected chi connectivity index (χ3v) is 2.98. The van der Waals surface area contributed by atoms with Crippen LogP contribution in [0.15, 0.2) is 48.5 Å². The predicted molar refractivity (Wildman–Crippen MR) is 74.6 cm³/mol. The molecule has 2 aromatic carbocycles. The van der Waals surface area contributed by atoms with Crippen LogP contribution in [0.25, 0.3) is 11.1 Å². The zero-order chi connectivity index (χ0) is 14.5. The Hall–Kier alpha value is -2.49. The molecule has 4 heteroatoms. The Balaban J connectivity index is 2.11. The molecule has 0 fully saturated rings. The van der Waals surface area contributed by atoms with Gasteiger partial charge in [-0.1, -0.05) is 36.4 Å². The highest BCUT2D eigenvalue weighted by molar-refractivity contribution is 5.98. The molecule has 0 aromatic heterocycles. The largest absolute Gasteiger partial charge is 0.370 e. The third-order valence-electron chi connectivity index (χ3n) is 2.98. The Labute approximate surface area is 116 Å². The van der Waals surface area contributed by atoms with Crippen molar-refractivity contribution >= 4 is 11.7 Å². The summed E-state index contributed by atoms with van der Waals surface area (Å²) in [4.78, 5) is 22.4. The van der Waals surface area contributed by atoms with E-state index in [0.717, 1.165) is 11.1 Å². The van der Waals surface area contributed by atoms with E-state index in [0.29, 0.717) is 5.56 Å². The lowest BCUT2D eigenvalue weighted by atomic mass is 10.0. The molecular weight excluding hydrogens is 257 g/mol. The number of halogens is 1. The van der Waals surface area contributed by atoms with E-state index in [-0.39, 0.29) is 24.4 Å². The molecule has 0 spiro atoms. The summed E-state index contributed by atoms with van der Waals surface area (Å²) in [5, 5.41) is 0. The van der Waals surface area contributed by atoms with Gasteiger partial charge in [0.2, 0.25) is 5.91 Å². The van der Waals surface area contributed by atoms with Crippen LogP contribution in [0.5, 0.6) is 0 Å². The van der Waals surface area contributed by atoms with E-state index in [1.807, 2.05) is 0 Å². The van der Waals surface area contributed by atoms with Gasteiger partial charge in [-0.2, -0.15) is 0 Å². The van der Waals surface area contributed by atoms with Crippen molar-refractivity contribution in [3.8, 4) is 11.1 Å². The highest BCUT2D eigenvalue weighted by Gasteiger charge is 2.08. The zero-order valence-corrected chi connectivity index (χ0v) is 10.8. The summed E-state index contributed by atoms with van der Waals surface area (Å²) in [5.41, 5.74) is 7.33. The van der Waals surface area contributed by atoms with E-state index >= 15 is 0 Å². The number of carbonyl (C=O) groups is 2. The first kappa shape index (κ1) is 13.9. The summed E-state index contributed by atoms with van der Waals surface area (Å²) in [7, 11) is 0. The lowest BCUT2D eigenvalue weighted by Gasteiger charge is -2.04. The van der Waals surface area contributed by atoms with Crippen molar-refractivity contribution in [3.05, 3.63) is 59.9 Å². The monoisotopic (exact) mass is 271 g/mol. The SMILES string of the molecule is NC(=O)CCC(=O)c1ccc(-c2ccc(F)cc2)cc1. The molecule has 1 amide bonds. The fourth-order valence-corrected chi connectivity index (χ4v) is 1.87. The van der Waals surface area contributed by atoms with Gasteiger partial charge in [-0.3, -0.25) is 9.59 Å². The average Bonchev–Trinajstić information content (AvgIpc) is 2.46. The highest BCUT2D eigenvalue weighted by atomic mass is 19.1. The molecule has 0 saturated carbocycles. The van der Waals surface area contributed by atoms with E-state index in [2.05, 4.69) is 0 Å². The molecule has 102 valence electrons. The fraction of sp³-hybridized carbons (Fsp3) is 0.125. The smallest absolute Gasteiger partial charge is 0.217 e. The number of nitrogens with two attached hydrogens (primary N) is 1. The minimum absolute atomic E-state index is 0.0541. The average molecular weight is 271 g/mol. The second-order valence-corrected chi connectivity index (χ2v) is 4.47. The molecule has 0 bridgehead atoms. The number of rotatable bonds is 5. The molecule has 2 N–H and O–H groups in total. The highest BCUT2D eigenvalue weighted by Crippen LogP contribution is 2.20. The van der Waals surface area contributed by atoms with E-state index in [1.165, 1.54) is 12.1 Å². The molecule has 20 heavy (non-hydrogen) atoms. The van der Waals surface area contributed by atoms with E-state index in [9.17, 15) is 14.0 Å². The van der Waals surface area contributed by atoms with Crippen molar-refractivity contribution < 1.29 is 14.0 Å². The first-order valence-electron chi connectivity index (χ1n) is 6.24. The van der Waals surface area contributed by atoms with Gasteiger partial charge >= 0.3 is 0 Å². The van der Waals surface area contributed by atoms with E-state index in [4.69, 9.17) is 5.73 Å². The van der Waals surface area contributed by atoms with Crippen LogP contribution in [-0.2, 0) is 4.79 Å². The van der Waals surface area contributed by atoms with Gasteiger partial charge in [-0.15, -0.1) is 0 Å². The normalized spacial score (nSPS) is 10.2. The number of Topliss-reactive ketones (excluding diaryl/α,β-unsaturated/α-hetero) is 1. The quantitative estimate of drug-likeness (QED) is 0.850. The van der Waals surface area contributed by atoms with Gasteiger partial charge in [0.05, 0.1) is 0 Å². The first-order valence-corrected chi connectivity index (χ1v) is 6.24. The maximum absolute atomic E-state index is 12.8. The standard InChI is InChI=1S/C16H14FNO2/c17-14-7-5-12(6-8-14)11-1-3-13(4-2-11)15(19)9-10-16(18)20/h1-8H,9-10H2,(H2,18,20). The number of amides is 1. The number of carbonyl (C=O) groups excluding carboxylic acids is 2. The van der Waals surface area contributed by atoms with Gasteiger partial charge < -0.3 is 5.73 Å². The van der Waals surface area contributed by atoms with Crippen LogP contribution in [0.3, 0.4) is 0 Å². The number of ketones is 1. The fourth-order valence-electron chi connectivity index (χ4n) is 1.87. The Morgan fingerprint density at radius 3 is 1.85 bits per heavy atom. The molecular formula is C16H14FNO2. The Kier molecular flexibility index (Phi) is 4.25. The molecule has 3 nitrogen and oxygen atoms in total. The minimum atomic E-state index is -0.485. The summed E-state index contributed by atoms with van der Waals surface area (Å²) in [6, 6.07) is 13.1. The number of benzene rings is 2. The first-order chi connectivity index (χ1) is 9.56. The van der Waals surface area contributed by atoms with Crippen molar-refractivity contribution in [2.45, 2.75) is 12.8 Å². The number of primary amides is 1. The van der Waals surface area contributed by atoms with Crippen LogP contribution >= 0.6 is 0 Å². The van der Waals surface area contributed by atoms with Crippen molar-refractivity contribution in [1.82, 2.24) is 0 Å². The molecule has 0 aliphatic carbocycles. The number of hydrogen-bond donors (Lipinski definition) is 1. The molecule has 0 aliphatic heterocycles. The Morgan fingerprint density at radius 1 is 0.850 bits per heavy atom. The van der Waals surface area contributed by atoms with Crippen molar-refractivity contribution in [2.75, 3.05) is 0 Å². The predicted octanol–water partition coefficient (Wildman–Crippen LogP) is 2.94. The van der Waals surface area contributed by atoms with Crippen LogP contribution in [0.4, 0.5) is 4.39 Å². The molecule has 0 unspecified atom stereocenters. The lowest BCUT2D eigenvalue weighted by Crippen LogP contribution is -2.12. The molecule has 0 heterocycles. The van der Waals surface area contributed by atoms with Crippen LogP contribution in [0, 0.1) is 5.82 Å². The lowest BCUT2D eigenvalue weighted by molar-refractivity contribution is -0.118. The molecule has 2 aromatic rings. The summed E-state index contributed by atoms with van der Waals surface area (Å²) >= 11 is 0. The zero-order valence-electron chi connectivity index (χ0n) is 10.8. The molecule has 0 aliphatic rings. The number of hydrogen-bond acceptors (Lipinski definition) is 2. The summed E-state index contributed by atoms with van der Waals surface area (Å²) in [6.45, 7) is 0. The molecule has 2 rings (SSSR count). The van der Waals surface area contributed by atoms with Crippen molar-refractivity contribution in [3.63, 3.8) is 0 Å². The second-order valence-electron chi connectivity index (χ2n) is 4.47. The molecule has 0 saturated heterocycles. The van der Waals surface area contributed by atoms with Crippen molar-refractivity contribution in [2.24, 2.45) is 5.73 Å². The molecule has 0 atom stereocenters. The van der Waals surface area contributed by atoms with E-state index in [1.54, 1.807) is 36.4 Å². The van der Waals surface area contributed by atoms with Crippen LogP contribution in [0.1, 0.15) is 23.2 Å².